The van der Waals surface area contributed by atoms with Crippen molar-refractivity contribution in [2.24, 2.45) is 5.10 Å². The van der Waals surface area contributed by atoms with Crippen molar-refractivity contribution in [3.8, 4) is 5.75 Å². The Bertz CT molecular complexity index is 1110. The van der Waals surface area contributed by atoms with Crippen LogP contribution in [0.15, 0.2) is 74.3 Å². The summed E-state index contributed by atoms with van der Waals surface area (Å²) in [5.74, 6) is 0.255. The number of carbonyl (C=O) groups is 1. The van der Waals surface area contributed by atoms with Crippen molar-refractivity contribution in [1.82, 2.24) is 20.6 Å². The minimum absolute atomic E-state index is 0.00728. The van der Waals surface area contributed by atoms with Crippen LogP contribution in [0, 0.1) is 0 Å². The van der Waals surface area contributed by atoms with E-state index >= 15 is 0 Å². The number of nitrogens with zero attached hydrogens (tertiary/aromatic N) is 2. The summed E-state index contributed by atoms with van der Waals surface area (Å²) >= 11 is 0.888. The van der Waals surface area contributed by atoms with Gasteiger partial charge in [0.1, 0.15) is 12.4 Å². The number of hydrogen-bond donors (Lipinski definition) is 3. The fraction of sp³-hybridized carbons (Fsp3) is 0.105. The molecule has 1 amide bonds. The molecule has 2 aromatic carbocycles. The summed E-state index contributed by atoms with van der Waals surface area (Å²) in [6, 6.07) is 17.0. The first-order valence-electron chi connectivity index (χ1n) is 8.51. The Morgan fingerprint density at radius 3 is 2.69 bits per heavy atom. The molecule has 10 heteroatoms. The lowest BCUT2D eigenvalue weighted by atomic mass is 10.1. The minimum Gasteiger partial charge on any atom is -0.489 e. The minimum atomic E-state index is -0.705. The first-order chi connectivity index (χ1) is 14.1. The highest BCUT2D eigenvalue weighted by atomic mass is 32.2. The summed E-state index contributed by atoms with van der Waals surface area (Å²) in [7, 11) is 0. The number of aromatic amines is 2. The number of hydrazone groups is 1. The van der Waals surface area contributed by atoms with E-state index in [-0.39, 0.29) is 10.8 Å². The molecule has 0 saturated heterocycles. The molecule has 0 radical (unpaired) electrons. The number of hydrogen-bond acceptors (Lipinski definition) is 7. The second kappa shape index (κ2) is 10.0. The third kappa shape index (κ3) is 6.18. The fourth-order valence-electron chi connectivity index (χ4n) is 2.24. The average molecular weight is 411 g/mol. The second-order valence-electron chi connectivity index (χ2n) is 5.69. The number of H-pyrrole nitrogens is 2. The number of aromatic nitrogens is 3. The predicted molar refractivity (Wildman–Crippen MR) is 109 cm³/mol. The van der Waals surface area contributed by atoms with E-state index < -0.39 is 17.2 Å². The standard InChI is InChI=1S/C19H17N5O4S/c25-16(12-29-18-17(26)21-19(27)24-23-18)22-20-10-13-6-4-5-7-14(13)11-28-15-8-2-1-3-9-15/h1-10H,11-12H2,(H,22,25)(H2,21,24,26,27)/b20-10+. The van der Waals surface area contributed by atoms with Gasteiger partial charge in [0.15, 0.2) is 5.03 Å². The molecule has 0 spiro atoms. The lowest BCUT2D eigenvalue weighted by molar-refractivity contribution is -0.118. The van der Waals surface area contributed by atoms with Gasteiger partial charge in [-0.25, -0.2) is 15.3 Å². The Hall–Kier alpha value is -3.66. The first-order valence-corrected chi connectivity index (χ1v) is 9.50. The number of amides is 1. The van der Waals surface area contributed by atoms with Crippen molar-refractivity contribution in [2.45, 2.75) is 11.6 Å². The van der Waals surface area contributed by atoms with Crippen molar-refractivity contribution < 1.29 is 9.53 Å². The second-order valence-corrected chi connectivity index (χ2v) is 6.66. The van der Waals surface area contributed by atoms with Gasteiger partial charge in [-0.05, 0) is 17.7 Å². The van der Waals surface area contributed by atoms with Crippen molar-refractivity contribution in [3.63, 3.8) is 0 Å². The van der Waals surface area contributed by atoms with Crippen molar-refractivity contribution in [1.29, 1.82) is 0 Å². The quantitative estimate of drug-likeness (QED) is 0.291. The number of nitrogens with one attached hydrogen (secondary N) is 3. The lowest BCUT2D eigenvalue weighted by Gasteiger charge is -2.08. The Balaban J connectivity index is 1.53. The number of para-hydroxylation sites is 1. The van der Waals surface area contributed by atoms with Crippen molar-refractivity contribution in [3.05, 3.63) is 86.6 Å². The zero-order valence-electron chi connectivity index (χ0n) is 15.1. The number of rotatable bonds is 8. The lowest BCUT2D eigenvalue weighted by Crippen LogP contribution is -2.26. The number of thioether (sulfide) groups is 1. The summed E-state index contributed by atoms with van der Waals surface area (Å²) in [5, 5.41) is 9.63. The maximum absolute atomic E-state index is 11.9. The van der Waals surface area contributed by atoms with Gasteiger partial charge in [-0.15, -0.1) is 0 Å². The highest BCUT2D eigenvalue weighted by molar-refractivity contribution is 7.99. The highest BCUT2D eigenvalue weighted by Gasteiger charge is 2.07. The molecule has 0 fully saturated rings. The molecule has 0 bridgehead atoms. The molecular weight excluding hydrogens is 394 g/mol. The summed E-state index contributed by atoms with van der Waals surface area (Å²) in [6.07, 6.45) is 1.53. The monoisotopic (exact) mass is 411 g/mol. The normalized spacial score (nSPS) is 10.8. The molecule has 9 nitrogen and oxygen atoms in total. The van der Waals surface area contributed by atoms with E-state index in [4.69, 9.17) is 4.74 Å². The summed E-state index contributed by atoms with van der Waals surface area (Å²) in [6.45, 7) is 0.358. The molecule has 3 aromatic rings. The third-order valence-corrected chi connectivity index (χ3v) is 4.56. The first kappa shape index (κ1) is 20.1. The van der Waals surface area contributed by atoms with Gasteiger partial charge in [0.05, 0.1) is 12.0 Å². The molecular formula is C19H17N5O4S. The van der Waals surface area contributed by atoms with Crippen molar-refractivity contribution >= 4 is 23.9 Å². The van der Waals surface area contributed by atoms with E-state index in [0.717, 1.165) is 28.6 Å². The van der Waals surface area contributed by atoms with Gasteiger partial charge in [0, 0.05) is 5.56 Å². The molecule has 0 aliphatic rings. The maximum Gasteiger partial charge on any atom is 0.342 e. The molecule has 3 rings (SSSR count). The van der Waals surface area contributed by atoms with E-state index in [1.54, 1.807) is 0 Å². The van der Waals surface area contributed by atoms with E-state index in [1.807, 2.05) is 59.6 Å². The van der Waals surface area contributed by atoms with Crippen LogP contribution in [0.2, 0.25) is 0 Å². The molecule has 0 saturated carbocycles. The average Bonchev–Trinajstić information content (AvgIpc) is 2.73. The van der Waals surface area contributed by atoms with Gasteiger partial charge in [0.25, 0.3) is 5.56 Å². The van der Waals surface area contributed by atoms with Gasteiger partial charge in [-0.3, -0.25) is 14.6 Å². The van der Waals surface area contributed by atoms with E-state index in [2.05, 4.69) is 20.7 Å². The fourth-order valence-corrected chi connectivity index (χ4v) is 2.87. The number of benzene rings is 2. The zero-order chi connectivity index (χ0) is 20.5. The van der Waals surface area contributed by atoms with Crippen LogP contribution in [0.1, 0.15) is 11.1 Å². The topological polar surface area (TPSA) is 129 Å². The summed E-state index contributed by atoms with van der Waals surface area (Å²) in [5.41, 5.74) is 2.75. The summed E-state index contributed by atoms with van der Waals surface area (Å²) in [4.78, 5) is 36.4. The largest absolute Gasteiger partial charge is 0.489 e. The Kier molecular flexibility index (Phi) is 6.95. The van der Waals surface area contributed by atoms with Gasteiger partial charge in [-0.1, -0.05) is 54.2 Å². The van der Waals surface area contributed by atoms with Gasteiger partial charge < -0.3 is 4.74 Å². The van der Waals surface area contributed by atoms with Crippen LogP contribution in [0.4, 0.5) is 0 Å². The van der Waals surface area contributed by atoms with Gasteiger partial charge in [-0.2, -0.15) is 10.2 Å². The highest BCUT2D eigenvalue weighted by Crippen LogP contribution is 2.13. The Labute approximate surface area is 169 Å². The third-order valence-electron chi connectivity index (χ3n) is 3.61. The molecule has 0 aliphatic carbocycles. The van der Waals surface area contributed by atoms with Crippen LogP contribution in [0.5, 0.6) is 5.75 Å². The molecule has 0 atom stereocenters. The number of carbonyl (C=O) groups excluding carboxylic acids is 1. The molecule has 1 heterocycles. The van der Waals surface area contributed by atoms with Gasteiger partial charge in [0.2, 0.25) is 5.91 Å². The molecule has 148 valence electrons. The Morgan fingerprint density at radius 2 is 1.90 bits per heavy atom. The maximum atomic E-state index is 11.9. The SMILES string of the molecule is O=C(CSc1n[nH]c(=O)[nH]c1=O)N/N=C/c1ccccc1COc1ccccc1. The van der Waals surface area contributed by atoms with Crippen LogP contribution in [0.3, 0.4) is 0 Å². The van der Waals surface area contributed by atoms with Crippen molar-refractivity contribution in [2.75, 3.05) is 5.75 Å². The molecule has 0 unspecified atom stereocenters. The van der Waals surface area contributed by atoms with E-state index in [9.17, 15) is 14.4 Å². The van der Waals surface area contributed by atoms with E-state index in [1.165, 1.54) is 6.21 Å². The van der Waals surface area contributed by atoms with Crippen LogP contribution in [-0.2, 0) is 11.4 Å². The Morgan fingerprint density at radius 1 is 1.14 bits per heavy atom. The molecule has 29 heavy (non-hydrogen) atoms. The van der Waals surface area contributed by atoms with Crippen LogP contribution >= 0.6 is 11.8 Å². The molecule has 0 aliphatic heterocycles. The summed E-state index contributed by atoms with van der Waals surface area (Å²) < 4.78 is 5.75. The van der Waals surface area contributed by atoms with Crippen LogP contribution in [0.25, 0.3) is 0 Å². The van der Waals surface area contributed by atoms with E-state index in [0.29, 0.717) is 6.61 Å². The number of ether oxygens (including phenoxy) is 1. The van der Waals surface area contributed by atoms with Gasteiger partial charge >= 0.3 is 5.69 Å². The van der Waals surface area contributed by atoms with Crippen LogP contribution < -0.4 is 21.4 Å². The predicted octanol–water partition coefficient (Wildman–Crippen LogP) is 1.28. The molecule has 1 aromatic heterocycles. The molecule has 3 N–H and O–H groups in total. The smallest absolute Gasteiger partial charge is 0.342 e. The van der Waals surface area contributed by atoms with Crippen LogP contribution in [-0.4, -0.2) is 33.1 Å². The zero-order valence-corrected chi connectivity index (χ0v) is 15.9.